The van der Waals surface area contributed by atoms with Gasteiger partial charge in [0.05, 0.1) is 14.2 Å². The van der Waals surface area contributed by atoms with E-state index in [9.17, 15) is 0 Å². The summed E-state index contributed by atoms with van der Waals surface area (Å²) in [5.41, 5.74) is 1.23. The number of alkyl halides is 1. The van der Waals surface area contributed by atoms with Crippen LogP contribution in [0.4, 0.5) is 0 Å². The fraction of sp³-hybridized carbons (Fsp3) is 0.455. The summed E-state index contributed by atoms with van der Waals surface area (Å²) in [4.78, 5) is 0. The Morgan fingerprint density at radius 1 is 1.14 bits per heavy atom. The molecule has 1 aromatic carbocycles. The van der Waals surface area contributed by atoms with Crippen LogP contribution in [0.1, 0.15) is 12.0 Å². The van der Waals surface area contributed by atoms with Gasteiger partial charge < -0.3 is 9.47 Å². The normalized spacial score (nSPS) is 9.93. The molecule has 2 nitrogen and oxygen atoms in total. The predicted molar refractivity (Wildman–Crippen MR) is 58.6 cm³/mol. The molecule has 0 atom stereocenters. The lowest BCUT2D eigenvalue weighted by atomic mass is 10.1. The van der Waals surface area contributed by atoms with Crippen LogP contribution in [0.2, 0.25) is 0 Å². The van der Waals surface area contributed by atoms with Crippen LogP contribution in [-0.4, -0.2) is 20.1 Å². The fourth-order valence-corrected chi connectivity index (χ4v) is 1.44. The zero-order valence-corrected chi connectivity index (χ0v) is 9.30. The van der Waals surface area contributed by atoms with Gasteiger partial charge in [-0.25, -0.2) is 0 Å². The van der Waals surface area contributed by atoms with Gasteiger partial charge in [0.1, 0.15) is 0 Å². The highest BCUT2D eigenvalue weighted by molar-refractivity contribution is 6.17. The van der Waals surface area contributed by atoms with Crippen molar-refractivity contribution in [2.45, 2.75) is 12.8 Å². The maximum atomic E-state index is 5.63. The lowest BCUT2D eigenvalue weighted by Gasteiger charge is -2.08. The number of benzene rings is 1. The maximum Gasteiger partial charge on any atom is 0.160 e. The second-order valence-electron chi connectivity index (χ2n) is 2.98. The van der Waals surface area contributed by atoms with Crippen LogP contribution >= 0.6 is 11.6 Å². The van der Waals surface area contributed by atoms with E-state index in [0.717, 1.165) is 24.3 Å². The van der Waals surface area contributed by atoms with Gasteiger partial charge in [0.25, 0.3) is 0 Å². The lowest BCUT2D eigenvalue weighted by Crippen LogP contribution is -1.93. The van der Waals surface area contributed by atoms with E-state index in [1.54, 1.807) is 14.2 Å². The van der Waals surface area contributed by atoms with Crippen molar-refractivity contribution < 1.29 is 9.47 Å². The Morgan fingerprint density at radius 2 is 1.86 bits per heavy atom. The van der Waals surface area contributed by atoms with E-state index in [1.807, 2.05) is 18.2 Å². The van der Waals surface area contributed by atoms with Gasteiger partial charge in [-0.3, -0.25) is 0 Å². The summed E-state index contributed by atoms with van der Waals surface area (Å²) in [6.07, 6.45) is 1.96. The molecule has 0 heterocycles. The minimum atomic E-state index is 0.689. The monoisotopic (exact) mass is 214 g/mol. The molecule has 14 heavy (non-hydrogen) atoms. The van der Waals surface area contributed by atoms with Crippen LogP contribution in [0, 0.1) is 0 Å². The molecule has 0 aliphatic heterocycles. The average molecular weight is 215 g/mol. The van der Waals surface area contributed by atoms with Crippen LogP contribution in [0.25, 0.3) is 0 Å². The highest BCUT2D eigenvalue weighted by atomic mass is 35.5. The van der Waals surface area contributed by atoms with Gasteiger partial charge in [0, 0.05) is 5.88 Å². The van der Waals surface area contributed by atoms with Crippen molar-refractivity contribution in [2.24, 2.45) is 0 Å². The lowest BCUT2D eigenvalue weighted by molar-refractivity contribution is 0.354. The second-order valence-corrected chi connectivity index (χ2v) is 3.36. The molecule has 0 unspecified atom stereocenters. The van der Waals surface area contributed by atoms with E-state index in [-0.39, 0.29) is 0 Å². The third kappa shape index (κ3) is 2.81. The van der Waals surface area contributed by atoms with Crippen molar-refractivity contribution in [1.82, 2.24) is 0 Å². The third-order valence-corrected chi connectivity index (χ3v) is 2.31. The molecule has 1 aromatic rings. The van der Waals surface area contributed by atoms with E-state index >= 15 is 0 Å². The minimum Gasteiger partial charge on any atom is -0.493 e. The summed E-state index contributed by atoms with van der Waals surface area (Å²) in [6, 6.07) is 5.95. The zero-order chi connectivity index (χ0) is 10.4. The van der Waals surface area contributed by atoms with Crippen LogP contribution < -0.4 is 9.47 Å². The van der Waals surface area contributed by atoms with Gasteiger partial charge in [0.2, 0.25) is 0 Å². The smallest absolute Gasteiger partial charge is 0.160 e. The first-order valence-electron chi connectivity index (χ1n) is 4.58. The molecule has 0 aliphatic carbocycles. The van der Waals surface area contributed by atoms with Crippen molar-refractivity contribution >= 4 is 11.6 Å². The molecule has 3 heteroatoms. The number of methoxy groups -OCH3 is 2. The van der Waals surface area contributed by atoms with Crippen LogP contribution in [-0.2, 0) is 6.42 Å². The van der Waals surface area contributed by atoms with Crippen molar-refractivity contribution in [3.63, 3.8) is 0 Å². The van der Waals surface area contributed by atoms with E-state index in [2.05, 4.69) is 0 Å². The molecule has 0 aromatic heterocycles. The number of aryl methyl sites for hydroxylation is 1. The molecular formula is C11H15ClO2. The molecular weight excluding hydrogens is 200 g/mol. The molecule has 0 saturated carbocycles. The Bertz CT molecular complexity index is 287. The third-order valence-electron chi connectivity index (χ3n) is 2.05. The van der Waals surface area contributed by atoms with Crippen LogP contribution in [0.3, 0.4) is 0 Å². The van der Waals surface area contributed by atoms with Crippen molar-refractivity contribution in [3.05, 3.63) is 23.8 Å². The Balaban J connectivity index is 2.79. The maximum absolute atomic E-state index is 5.63. The summed E-state index contributed by atoms with van der Waals surface area (Å²) in [6.45, 7) is 0. The summed E-state index contributed by atoms with van der Waals surface area (Å²) >= 11 is 5.63. The highest BCUT2D eigenvalue weighted by Gasteiger charge is 2.03. The number of halogens is 1. The van der Waals surface area contributed by atoms with E-state index < -0.39 is 0 Å². The number of hydrogen-bond donors (Lipinski definition) is 0. The molecule has 0 spiro atoms. The molecule has 0 saturated heterocycles. The Morgan fingerprint density at radius 3 is 2.43 bits per heavy atom. The SMILES string of the molecule is COc1ccc(CCCCl)cc1OC. The fourth-order valence-electron chi connectivity index (χ4n) is 1.31. The first-order valence-corrected chi connectivity index (χ1v) is 5.12. The van der Waals surface area contributed by atoms with Gasteiger partial charge in [0.15, 0.2) is 11.5 Å². The topological polar surface area (TPSA) is 18.5 Å². The van der Waals surface area contributed by atoms with Crippen LogP contribution in [0.5, 0.6) is 11.5 Å². The Labute approximate surface area is 89.8 Å². The average Bonchev–Trinajstić information content (AvgIpc) is 2.25. The summed E-state index contributed by atoms with van der Waals surface area (Å²) in [5.74, 6) is 2.23. The molecule has 1 rings (SSSR count). The Hall–Kier alpha value is -0.890. The molecule has 0 amide bonds. The van der Waals surface area contributed by atoms with E-state index in [0.29, 0.717) is 5.88 Å². The van der Waals surface area contributed by atoms with E-state index in [1.165, 1.54) is 5.56 Å². The summed E-state index contributed by atoms with van der Waals surface area (Å²) in [7, 11) is 3.28. The number of ether oxygens (including phenoxy) is 2. The van der Waals surface area contributed by atoms with Gasteiger partial charge in [-0.05, 0) is 30.5 Å². The quantitative estimate of drug-likeness (QED) is 0.702. The molecule has 0 bridgehead atoms. The second kappa shape index (κ2) is 5.76. The molecule has 0 N–H and O–H groups in total. The predicted octanol–water partition coefficient (Wildman–Crippen LogP) is 2.88. The Kier molecular flexibility index (Phi) is 4.60. The highest BCUT2D eigenvalue weighted by Crippen LogP contribution is 2.27. The van der Waals surface area contributed by atoms with Gasteiger partial charge >= 0.3 is 0 Å². The van der Waals surface area contributed by atoms with Gasteiger partial charge in [-0.2, -0.15) is 0 Å². The van der Waals surface area contributed by atoms with Gasteiger partial charge in [-0.1, -0.05) is 6.07 Å². The first-order chi connectivity index (χ1) is 6.81. The van der Waals surface area contributed by atoms with Crippen LogP contribution in [0.15, 0.2) is 18.2 Å². The number of rotatable bonds is 5. The molecule has 78 valence electrons. The standard InChI is InChI=1S/C11H15ClO2/c1-13-10-6-5-9(4-3-7-12)8-11(10)14-2/h5-6,8H,3-4,7H2,1-2H3. The van der Waals surface area contributed by atoms with Crippen molar-refractivity contribution in [1.29, 1.82) is 0 Å². The van der Waals surface area contributed by atoms with Crippen molar-refractivity contribution in [2.75, 3.05) is 20.1 Å². The summed E-state index contributed by atoms with van der Waals surface area (Å²) in [5, 5.41) is 0. The summed E-state index contributed by atoms with van der Waals surface area (Å²) < 4.78 is 10.3. The van der Waals surface area contributed by atoms with E-state index in [4.69, 9.17) is 21.1 Å². The van der Waals surface area contributed by atoms with Crippen molar-refractivity contribution in [3.8, 4) is 11.5 Å². The van der Waals surface area contributed by atoms with Gasteiger partial charge in [-0.15, -0.1) is 11.6 Å². The molecule has 0 radical (unpaired) electrons. The molecule has 0 aliphatic rings. The number of hydrogen-bond acceptors (Lipinski definition) is 2. The minimum absolute atomic E-state index is 0.689. The molecule has 0 fully saturated rings. The largest absolute Gasteiger partial charge is 0.493 e. The first kappa shape index (κ1) is 11.2. The zero-order valence-electron chi connectivity index (χ0n) is 8.55.